The van der Waals surface area contributed by atoms with Crippen molar-refractivity contribution in [1.82, 2.24) is 9.78 Å². The number of Topliss-reactive ketones (excluding diaryl/α,β-unsaturated/α-hetero) is 1. The molecule has 17 heavy (non-hydrogen) atoms. The van der Waals surface area contributed by atoms with Gasteiger partial charge in [-0.3, -0.25) is 9.48 Å². The van der Waals surface area contributed by atoms with Crippen molar-refractivity contribution < 1.29 is 9.21 Å². The molecule has 0 radical (unpaired) electrons. The normalized spacial score (nSPS) is 10.8. The summed E-state index contributed by atoms with van der Waals surface area (Å²) in [5, 5.41) is 4.32. The molecule has 4 heteroatoms. The zero-order valence-electron chi connectivity index (χ0n) is 10.4. The number of hydrogen-bond donors (Lipinski definition) is 0. The molecule has 0 unspecified atom stereocenters. The second kappa shape index (κ2) is 4.57. The maximum atomic E-state index is 12.0. The lowest BCUT2D eigenvalue weighted by Crippen LogP contribution is -2.09. The van der Waals surface area contributed by atoms with Crippen LogP contribution in [0.5, 0.6) is 0 Å². The van der Waals surface area contributed by atoms with Crippen molar-refractivity contribution in [2.24, 2.45) is 0 Å². The maximum absolute atomic E-state index is 12.0. The largest absolute Gasteiger partial charge is 0.461 e. The van der Waals surface area contributed by atoms with Crippen LogP contribution in [0.2, 0.25) is 0 Å². The molecule has 0 saturated carbocycles. The minimum atomic E-state index is 0.00194. The minimum absolute atomic E-state index is 0.00194. The average Bonchev–Trinajstić information content (AvgIpc) is 2.84. The van der Waals surface area contributed by atoms with Gasteiger partial charge in [0.25, 0.3) is 0 Å². The van der Waals surface area contributed by atoms with Gasteiger partial charge in [-0.15, -0.1) is 0 Å². The number of rotatable bonds is 4. The first-order valence-corrected chi connectivity index (χ1v) is 5.72. The van der Waals surface area contributed by atoms with Gasteiger partial charge in [0.2, 0.25) is 5.78 Å². The van der Waals surface area contributed by atoms with Crippen LogP contribution in [0.3, 0.4) is 0 Å². The summed E-state index contributed by atoms with van der Waals surface area (Å²) in [4.78, 5) is 12.0. The van der Waals surface area contributed by atoms with Crippen molar-refractivity contribution >= 4 is 5.78 Å². The number of aryl methyl sites for hydroxylation is 3. The number of aromatic nitrogens is 2. The first kappa shape index (κ1) is 11.6. The monoisotopic (exact) mass is 232 g/mol. The molecule has 0 saturated heterocycles. The third kappa shape index (κ3) is 2.30. The Morgan fingerprint density at radius 1 is 1.47 bits per heavy atom. The standard InChI is InChI=1S/C13H16N2O2/c1-4-15-11(7-10(3)14-15)8-12(16)13-9(2)5-6-17-13/h5-7H,4,8H2,1-3H3. The Morgan fingerprint density at radius 2 is 2.24 bits per heavy atom. The molecule has 2 aromatic rings. The fourth-order valence-electron chi connectivity index (χ4n) is 1.92. The Hall–Kier alpha value is -1.84. The summed E-state index contributed by atoms with van der Waals surface area (Å²) in [6.07, 6.45) is 1.88. The van der Waals surface area contributed by atoms with E-state index in [1.165, 1.54) is 0 Å². The summed E-state index contributed by atoms with van der Waals surface area (Å²) in [6.45, 7) is 6.59. The Kier molecular flexibility index (Phi) is 3.13. The molecule has 0 aliphatic rings. The van der Waals surface area contributed by atoms with Crippen LogP contribution >= 0.6 is 0 Å². The van der Waals surface area contributed by atoms with Crippen LogP contribution in [0, 0.1) is 13.8 Å². The summed E-state index contributed by atoms with van der Waals surface area (Å²) < 4.78 is 7.05. The third-order valence-electron chi connectivity index (χ3n) is 2.74. The number of nitrogens with zero attached hydrogens (tertiary/aromatic N) is 2. The molecule has 0 fully saturated rings. The van der Waals surface area contributed by atoms with Crippen molar-refractivity contribution in [3.8, 4) is 0 Å². The van der Waals surface area contributed by atoms with E-state index in [1.54, 1.807) is 12.3 Å². The van der Waals surface area contributed by atoms with Gasteiger partial charge in [0.1, 0.15) is 0 Å². The van der Waals surface area contributed by atoms with E-state index in [0.717, 1.165) is 23.5 Å². The van der Waals surface area contributed by atoms with Crippen molar-refractivity contribution in [3.05, 3.63) is 41.1 Å². The molecule has 0 spiro atoms. The Balaban J connectivity index is 2.21. The van der Waals surface area contributed by atoms with Crippen molar-refractivity contribution in [3.63, 3.8) is 0 Å². The highest BCUT2D eigenvalue weighted by molar-refractivity contribution is 5.96. The molecule has 0 aliphatic carbocycles. The quantitative estimate of drug-likeness (QED) is 0.761. The van der Waals surface area contributed by atoms with Gasteiger partial charge in [-0.05, 0) is 38.5 Å². The van der Waals surface area contributed by atoms with Crippen LogP contribution in [0.4, 0.5) is 0 Å². The van der Waals surface area contributed by atoms with E-state index in [4.69, 9.17) is 4.42 Å². The van der Waals surface area contributed by atoms with E-state index in [-0.39, 0.29) is 5.78 Å². The second-order valence-corrected chi connectivity index (χ2v) is 4.13. The predicted octanol–water partition coefficient (Wildman–Crippen LogP) is 2.54. The smallest absolute Gasteiger partial charge is 0.204 e. The van der Waals surface area contributed by atoms with Crippen LogP contribution in [-0.2, 0) is 13.0 Å². The summed E-state index contributed by atoms with van der Waals surface area (Å²) in [5.74, 6) is 0.452. The maximum Gasteiger partial charge on any atom is 0.204 e. The molecule has 0 atom stereocenters. The molecule has 2 rings (SSSR count). The molecule has 0 aliphatic heterocycles. The second-order valence-electron chi connectivity index (χ2n) is 4.13. The van der Waals surface area contributed by atoms with Crippen LogP contribution in [0.15, 0.2) is 22.8 Å². The SMILES string of the molecule is CCn1nc(C)cc1CC(=O)c1occc1C. The van der Waals surface area contributed by atoms with Gasteiger partial charge in [-0.1, -0.05) is 0 Å². The zero-order valence-corrected chi connectivity index (χ0v) is 10.4. The van der Waals surface area contributed by atoms with E-state index in [2.05, 4.69) is 5.10 Å². The Morgan fingerprint density at radius 3 is 2.82 bits per heavy atom. The van der Waals surface area contributed by atoms with Gasteiger partial charge in [-0.2, -0.15) is 5.10 Å². The van der Waals surface area contributed by atoms with Gasteiger partial charge in [0.15, 0.2) is 5.76 Å². The molecule has 0 bridgehead atoms. The summed E-state index contributed by atoms with van der Waals surface area (Å²) in [5.41, 5.74) is 2.76. The highest BCUT2D eigenvalue weighted by atomic mass is 16.3. The minimum Gasteiger partial charge on any atom is -0.461 e. The molecule has 2 heterocycles. The predicted molar refractivity (Wildman–Crippen MR) is 64.1 cm³/mol. The van der Waals surface area contributed by atoms with Crippen LogP contribution < -0.4 is 0 Å². The first-order chi connectivity index (χ1) is 8.11. The molecule has 0 N–H and O–H groups in total. The number of furan rings is 1. The molecular weight excluding hydrogens is 216 g/mol. The third-order valence-corrected chi connectivity index (χ3v) is 2.74. The Labute approximate surface area is 100 Å². The van der Waals surface area contributed by atoms with Gasteiger partial charge < -0.3 is 4.42 Å². The lowest BCUT2D eigenvalue weighted by molar-refractivity contribution is 0.0963. The van der Waals surface area contributed by atoms with Gasteiger partial charge in [-0.25, -0.2) is 0 Å². The number of ketones is 1. The van der Waals surface area contributed by atoms with Crippen LogP contribution in [-0.4, -0.2) is 15.6 Å². The van der Waals surface area contributed by atoms with E-state index < -0.39 is 0 Å². The van der Waals surface area contributed by atoms with Crippen molar-refractivity contribution in [2.45, 2.75) is 33.7 Å². The van der Waals surface area contributed by atoms with E-state index >= 15 is 0 Å². The van der Waals surface area contributed by atoms with Crippen molar-refractivity contribution in [1.29, 1.82) is 0 Å². The average molecular weight is 232 g/mol. The van der Waals surface area contributed by atoms with E-state index in [0.29, 0.717) is 12.2 Å². The number of hydrogen-bond acceptors (Lipinski definition) is 3. The first-order valence-electron chi connectivity index (χ1n) is 5.72. The fraction of sp³-hybridized carbons (Fsp3) is 0.385. The van der Waals surface area contributed by atoms with E-state index in [1.807, 2.05) is 31.5 Å². The summed E-state index contributed by atoms with van der Waals surface area (Å²) in [7, 11) is 0. The molecule has 2 aromatic heterocycles. The lowest BCUT2D eigenvalue weighted by Gasteiger charge is -2.03. The highest BCUT2D eigenvalue weighted by Crippen LogP contribution is 2.13. The molecule has 0 amide bonds. The van der Waals surface area contributed by atoms with Gasteiger partial charge in [0.05, 0.1) is 18.4 Å². The molecule has 90 valence electrons. The van der Waals surface area contributed by atoms with Gasteiger partial charge in [0, 0.05) is 12.2 Å². The van der Waals surface area contributed by atoms with Gasteiger partial charge >= 0.3 is 0 Å². The summed E-state index contributed by atoms with van der Waals surface area (Å²) >= 11 is 0. The fourth-order valence-corrected chi connectivity index (χ4v) is 1.92. The number of carbonyl (C=O) groups excluding carboxylic acids is 1. The molecule has 0 aromatic carbocycles. The Bertz CT molecular complexity index is 537. The van der Waals surface area contributed by atoms with Crippen LogP contribution in [0.1, 0.15) is 34.4 Å². The highest BCUT2D eigenvalue weighted by Gasteiger charge is 2.16. The topological polar surface area (TPSA) is 48.0 Å². The molecule has 4 nitrogen and oxygen atoms in total. The number of carbonyl (C=O) groups is 1. The lowest BCUT2D eigenvalue weighted by atomic mass is 10.1. The van der Waals surface area contributed by atoms with Crippen LogP contribution in [0.25, 0.3) is 0 Å². The molecular formula is C13H16N2O2. The zero-order chi connectivity index (χ0) is 12.4. The van der Waals surface area contributed by atoms with Crippen molar-refractivity contribution in [2.75, 3.05) is 0 Å². The summed E-state index contributed by atoms with van der Waals surface area (Å²) in [6, 6.07) is 3.75. The van der Waals surface area contributed by atoms with E-state index in [9.17, 15) is 4.79 Å².